The molecule has 0 atom stereocenters. The third-order valence-corrected chi connectivity index (χ3v) is 5.66. The van der Waals surface area contributed by atoms with E-state index in [1.54, 1.807) is 24.3 Å². The number of alkyl halides is 3. The van der Waals surface area contributed by atoms with E-state index in [9.17, 15) is 22.0 Å². The van der Waals surface area contributed by atoms with Crippen LogP contribution in [0.1, 0.15) is 0 Å². The van der Waals surface area contributed by atoms with Gasteiger partial charge in [0, 0.05) is 15.5 Å². The first-order valence-electron chi connectivity index (χ1n) is 9.48. The summed E-state index contributed by atoms with van der Waals surface area (Å²) in [6.45, 7) is 0. The van der Waals surface area contributed by atoms with Crippen LogP contribution in [0.2, 0.25) is 0 Å². The molecule has 0 saturated heterocycles. The summed E-state index contributed by atoms with van der Waals surface area (Å²) >= 11 is 2.18. The van der Waals surface area contributed by atoms with E-state index in [0.29, 0.717) is 15.5 Å². The van der Waals surface area contributed by atoms with Gasteiger partial charge in [-0.3, -0.25) is 0 Å². The number of hydrogen-bond acceptors (Lipinski definition) is 7. The summed E-state index contributed by atoms with van der Waals surface area (Å²) in [7, 11) is 0. The maximum atomic E-state index is 13.6. The van der Waals surface area contributed by atoms with Crippen LogP contribution in [0.4, 0.5) is 33.6 Å². The molecule has 3 aromatic carbocycles. The van der Waals surface area contributed by atoms with Crippen LogP contribution in [0.25, 0.3) is 0 Å². The highest BCUT2D eigenvalue weighted by Gasteiger charge is 2.31. The number of aromatic nitrogens is 3. The van der Waals surface area contributed by atoms with Crippen molar-refractivity contribution in [2.75, 3.05) is 5.32 Å². The summed E-state index contributed by atoms with van der Waals surface area (Å²) in [4.78, 5) is 14.1. The monoisotopic (exact) mass is 508 g/mol. The first-order valence-corrected chi connectivity index (χ1v) is 11.1. The van der Waals surface area contributed by atoms with Crippen molar-refractivity contribution >= 4 is 35.2 Å². The molecule has 0 aliphatic carbocycles. The largest absolute Gasteiger partial charge is 0.573 e. The molecule has 0 fully saturated rings. The van der Waals surface area contributed by atoms with Crippen molar-refractivity contribution in [1.82, 2.24) is 15.0 Å². The third-order valence-electron chi connectivity index (χ3n) is 3.95. The first kappa shape index (κ1) is 23.8. The van der Waals surface area contributed by atoms with Crippen LogP contribution in [-0.2, 0) is 0 Å². The van der Waals surface area contributed by atoms with E-state index in [2.05, 4.69) is 25.0 Å². The zero-order valence-electron chi connectivity index (χ0n) is 16.9. The van der Waals surface area contributed by atoms with E-state index in [4.69, 9.17) is 0 Å². The van der Waals surface area contributed by atoms with Crippen molar-refractivity contribution in [2.45, 2.75) is 26.5 Å². The average molecular weight is 508 g/mol. The molecular formula is C22H13F5N4OS2. The third kappa shape index (κ3) is 7.06. The van der Waals surface area contributed by atoms with Gasteiger partial charge in [0.05, 0.1) is 0 Å². The topological polar surface area (TPSA) is 59.9 Å². The Bertz CT molecular complexity index is 1220. The number of benzene rings is 3. The van der Waals surface area contributed by atoms with Gasteiger partial charge >= 0.3 is 6.36 Å². The zero-order valence-corrected chi connectivity index (χ0v) is 18.5. The Labute approximate surface area is 198 Å². The number of ether oxygens (including phenoxy) is 1. The number of nitrogens with zero attached hydrogens (tertiary/aromatic N) is 3. The molecule has 0 aliphatic heterocycles. The Morgan fingerprint density at radius 3 is 1.71 bits per heavy atom. The summed E-state index contributed by atoms with van der Waals surface area (Å²) in [5.41, 5.74) is 0.393. The van der Waals surface area contributed by atoms with Crippen LogP contribution >= 0.6 is 23.5 Å². The second kappa shape index (κ2) is 10.3. The average Bonchev–Trinajstić information content (AvgIpc) is 2.74. The fraction of sp³-hybridized carbons (Fsp3) is 0.0455. The molecule has 34 heavy (non-hydrogen) atoms. The van der Waals surface area contributed by atoms with E-state index in [1.165, 1.54) is 36.4 Å². The summed E-state index contributed by atoms with van der Waals surface area (Å²) in [6.07, 6.45) is -4.80. The minimum Gasteiger partial charge on any atom is -0.406 e. The standard InChI is InChI=1S/C22H13F5N4OS2/c23-13-3-1-5-17(11-13)33-20-29-19(28-15-7-9-16(10-8-15)32-22(25,26)27)30-21(31-20)34-18-6-2-4-14(24)12-18/h1-12H,(H,28,29,30,31). The zero-order chi connectivity index (χ0) is 24.1. The van der Waals surface area contributed by atoms with Crippen molar-refractivity contribution in [3.8, 4) is 5.75 Å². The molecule has 12 heteroatoms. The Morgan fingerprint density at radius 2 is 1.24 bits per heavy atom. The Balaban J connectivity index is 1.60. The maximum absolute atomic E-state index is 13.6. The van der Waals surface area contributed by atoms with Crippen LogP contribution in [0.15, 0.2) is 92.9 Å². The smallest absolute Gasteiger partial charge is 0.406 e. The highest BCUT2D eigenvalue weighted by Crippen LogP contribution is 2.31. The molecule has 0 spiro atoms. The molecule has 1 heterocycles. The van der Waals surface area contributed by atoms with Crippen LogP contribution in [-0.4, -0.2) is 21.3 Å². The van der Waals surface area contributed by atoms with Crippen molar-refractivity contribution < 1.29 is 26.7 Å². The molecule has 0 aliphatic rings. The van der Waals surface area contributed by atoms with Gasteiger partial charge in [0.2, 0.25) is 5.95 Å². The van der Waals surface area contributed by atoms with Crippen molar-refractivity contribution in [1.29, 1.82) is 0 Å². The van der Waals surface area contributed by atoms with Crippen LogP contribution < -0.4 is 10.1 Å². The van der Waals surface area contributed by atoms with E-state index in [0.717, 1.165) is 35.7 Å². The van der Waals surface area contributed by atoms with Gasteiger partial charge < -0.3 is 10.1 Å². The van der Waals surface area contributed by atoms with E-state index in [-0.39, 0.29) is 22.0 Å². The van der Waals surface area contributed by atoms with Crippen molar-refractivity contribution in [2.24, 2.45) is 0 Å². The number of nitrogens with one attached hydrogen (secondary N) is 1. The van der Waals surface area contributed by atoms with Crippen LogP contribution in [0.3, 0.4) is 0 Å². The molecule has 0 bridgehead atoms. The molecule has 4 rings (SSSR count). The van der Waals surface area contributed by atoms with E-state index >= 15 is 0 Å². The lowest BCUT2D eigenvalue weighted by atomic mass is 10.3. The van der Waals surface area contributed by atoms with E-state index in [1.807, 2.05) is 0 Å². The number of anilines is 2. The highest BCUT2D eigenvalue weighted by molar-refractivity contribution is 7.99. The van der Waals surface area contributed by atoms with Gasteiger partial charge in [-0.25, -0.2) is 8.78 Å². The van der Waals surface area contributed by atoms with Crippen LogP contribution in [0.5, 0.6) is 5.75 Å². The second-order valence-corrected chi connectivity index (χ2v) is 8.62. The van der Waals surface area contributed by atoms with Crippen molar-refractivity contribution in [3.05, 3.63) is 84.4 Å². The number of rotatable bonds is 7. The predicted octanol–water partition coefficient (Wildman–Crippen LogP) is 7.09. The highest BCUT2D eigenvalue weighted by atomic mass is 32.2. The molecule has 4 aromatic rings. The molecule has 0 unspecified atom stereocenters. The lowest BCUT2D eigenvalue weighted by molar-refractivity contribution is -0.274. The lowest BCUT2D eigenvalue weighted by Gasteiger charge is -2.11. The quantitative estimate of drug-likeness (QED) is 0.267. The molecule has 174 valence electrons. The maximum Gasteiger partial charge on any atom is 0.573 e. The summed E-state index contributed by atoms with van der Waals surface area (Å²) in [5.74, 6) is -1.13. The summed E-state index contributed by atoms with van der Waals surface area (Å²) < 4.78 is 68.1. The Morgan fingerprint density at radius 1 is 0.706 bits per heavy atom. The van der Waals surface area contributed by atoms with Gasteiger partial charge in [0.25, 0.3) is 0 Å². The van der Waals surface area contributed by atoms with E-state index < -0.39 is 18.0 Å². The fourth-order valence-corrected chi connectivity index (χ4v) is 4.27. The molecule has 1 aromatic heterocycles. The molecule has 1 N–H and O–H groups in total. The van der Waals surface area contributed by atoms with Gasteiger partial charge in [0.15, 0.2) is 10.3 Å². The van der Waals surface area contributed by atoms with Gasteiger partial charge in [-0.2, -0.15) is 15.0 Å². The fourth-order valence-electron chi connectivity index (χ4n) is 2.63. The lowest BCUT2D eigenvalue weighted by Crippen LogP contribution is -2.17. The molecule has 0 radical (unpaired) electrons. The number of halogens is 5. The predicted molar refractivity (Wildman–Crippen MR) is 117 cm³/mol. The molecule has 5 nitrogen and oxygen atoms in total. The minimum absolute atomic E-state index is 0.0947. The molecular weight excluding hydrogens is 495 g/mol. The molecule has 0 amide bonds. The van der Waals surface area contributed by atoms with Gasteiger partial charge in [-0.15, -0.1) is 13.2 Å². The normalized spacial score (nSPS) is 11.3. The molecule has 0 saturated carbocycles. The van der Waals surface area contributed by atoms with Gasteiger partial charge in [-0.05, 0) is 84.2 Å². The van der Waals surface area contributed by atoms with Gasteiger partial charge in [0.1, 0.15) is 17.4 Å². The van der Waals surface area contributed by atoms with Gasteiger partial charge in [-0.1, -0.05) is 12.1 Å². The van der Waals surface area contributed by atoms with Crippen LogP contribution in [0, 0.1) is 11.6 Å². The summed E-state index contributed by atoms with van der Waals surface area (Å²) in [6, 6.07) is 16.7. The Hall–Kier alpha value is -3.38. The SMILES string of the molecule is Fc1cccc(Sc2nc(Nc3ccc(OC(F)(F)F)cc3)nc(Sc3cccc(F)c3)n2)c1. The first-order chi connectivity index (χ1) is 16.2. The second-order valence-electron chi connectivity index (χ2n) is 6.54. The minimum atomic E-state index is -4.80. The Kier molecular flexibility index (Phi) is 7.17. The summed E-state index contributed by atoms with van der Waals surface area (Å²) in [5, 5.41) is 3.37. The number of hydrogen-bond donors (Lipinski definition) is 1. The van der Waals surface area contributed by atoms with Crippen molar-refractivity contribution in [3.63, 3.8) is 0 Å².